The molecule has 0 heterocycles. The molecule has 1 aliphatic rings. The SMILES string of the molecule is N[C@@H](C(=O)O)[C@@H]1C[C@H]1c1ccccc1Cl. The van der Waals surface area contributed by atoms with Crippen molar-refractivity contribution in [3.63, 3.8) is 0 Å². The van der Waals surface area contributed by atoms with Crippen molar-refractivity contribution >= 4 is 17.6 Å². The number of halogens is 1. The minimum Gasteiger partial charge on any atom is -0.480 e. The first-order valence-corrected chi connectivity index (χ1v) is 5.22. The van der Waals surface area contributed by atoms with Crippen molar-refractivity contribution in [2.45, 2.75) is 18.4 Å². The smallest absolute Gasteiger partial charge is 0.320 e. The van der Waals surface area contributed by atoms with Gasteiger partial charge in [-0.25, -0.2) is 0 Å². The van der Waals surface area contributed by atoms with Crippen molar-refractivity contribution in [1.29, 1.82) is 0 Å². The van der Waals surface area contributed by atoms with E-state index in [0.29, 0.717) is 5.02 Å². The Morgan fingerprint density at radius 1 is 1.53 bits per heavy atom. The standard InChI is InChI=1S/C11H12ClNO2/c12-9-4-2-1-3-6(9)7-5-8(7)10(13)11(14)15/h1-4,7-8,10H,5,13H2,(H,14,15)/t7-,8+,10+/m0/s1. The molecule has 15 heavy (non-hydrogen) atoms. The molecule has 3 N–H and O–H groups in total. The summed E-state index contributed by atoms with van der Waals surface area (Å²) in [6.45, 7) is 0. The summed E-state index contributed by atoms with van der Waals surface area (Å²) >= 11 is 6.02. The summed E-state index contributed by atoms with van der Waals surface area (Å²) < 4.78 is 0. The van der Waals surface area contributed by atoms with Gasteiger partial charge in [0.2, 0.25) is 0 Å². The van der Waals surface area contributed by atoms with Crippen LogP contribution in [0.5, 0.6) is 0 Å². The van der Waals surface area contributed by atoms with Gasteiger partial charge in [0, 0.05) is 5.02 Å². The minimum atomic E-state index is -0.936. The van der Waals surface area contributed by atoms with Crippen molar-refractivity contribution in [3.05, 3.63) is 34.9 Å². The van der Waals surface area contributed by atoms with Gasteiger partial charge in [0.25, 0.3) is 0 Å². The average molecular weight is 226 g/mol. The summed E-state index contributed by atoms with van der Waals surface area (Å²) in [5.41, 5.74) is 6.57. The summed E-state index contributed by atoms with van der Waals surface area (Å²) in [5.74, 6) is -0.693. The maximum atomic E-state index is 10.7. The Hall–Kier alpha value is -1.06. The molecular formula is C11H12ClNO2. The zero-order chi connectivity index (χ0) is 11.0. The minimum absolute atomic E-state index is 0.0300. The molecule has 1 saturated carbocycles. The predicted molar refractivity (Wildman–Crippen MR) is 57.9 cm³/mol. The summed E-state index contributed by atoms with van der Waals surface area (Å²) in [5, 5.41) is 9.47. The van der Waals surface area contributed by atoms with E-state index in [1.165, 1.54) is 0 Å². The number of carbonyl (C=O) groups is 1. The maximum Gasteiger partial charge on any atom is 0.320 e. The lowest BCUT2D eigenvalue weighted by molar-refractivity contribution is -0.139. The highest BCUT2D eigenvalue weighted by molar-refractivity contribution is 6.31. The molecule has 3 nitrogen and oxygen atoms in total. The molecule has 0 bridgehead atoms. The number of rotatable bonds is 3. The predicted octanol–water partition coefficient (Wildman–Crippen LogP) is 1.86. The van der Waals surface area contributed by atoms with Crippen molar-refractivity contribution in [1.82, 2.24) is 0 Å². The van der Waals surface area contributed by atoms with Gasteiger partial charge in [-0.05, 0) is 29.9 Å². The molecule has 1 aromatic rings. The Bertz CT molecular complexity index is 394. The van der Waals surface area contributed by atoms with Crippen LogP contribution in [0.1, 0.15) is 17.9 Å². The third-order valence-corrected chi connectivity index (χ3v) is 3.24. The number of hydrogen-bond acceptors (Lipinski definition) is 2. The molecule has 1 fully saturated rings. The van der Waals surface area contributed by atoms with Gasteiger partial charge in [0.15, 0.2) is 0 Å². The Kier molecular flexibility index (Phi) is 2.67. The number of aliphatic carboxylic acids is 1. The molecule has 3 atom stereocenters. The molecule has 0 unspecified atom stereocenters. The fraction of sp³-hybridized carbons (Fsp3) is 0.364. The Morgan fingerprint density at radius 2 is 2.20 bits per heavy atom. The van der Waals surface area contributed by atoms with Gasteiger partial charge in [-0.3, -0.25) is 4.79 Å². The largest absolute Gasteiger partial charge is 0.480 e. The van der Waals surface area contributed by atoms with Crippen LogP contribution in [-0.2, 0) is 4.79 Å². The van der Waals surface area contributed by atoms with Crippen molar-refractivity contribution in [2.24, 2.45) is 11.7 Å². The van der Waals surface area contributed by atoms with Gasteiger partial charge in [0.1, 0.15) is 6.04 Å². The van der Waals surface area contributed by atoms with E-state index in [-0.39, 0.29) is 11.8 Å². The highest BCUT2D eigenvalue weighted by Gasteiger charge is 2.45. The van der Waals surface area contributed by atoms with Gasteiger partial charge >= 0.3 is 5.97 Å². The first-order chi connectivity index (χ1) is 7.11. The van der Waals surface area contributed by atoms with Crippen molar-refractivity contribution < 1.29 is 9.90 Å². The zero-order valence-corrected chi connectivity index (χ0v) is 8.82. The summed E-state index contributed by atoms with van der Waals surface area (Å²) in [4.78, 5) is 10.7. The molecule has 1 aliphatic carbocycles. The van der Waals surface area contributed by atoms with E-state index in [1.54, 1.807) is 0 Å². The Morgan fingerprint density at radius 3 is 2.80 bits per heavy atom. The molecule has 4 heteroatoms. The van der Waals surface area contributed by atoms with E-state index < -0.39 is 12.0 Å². The average Bonchev–Trinajstić information content (AvgIpc) is 2.97. The maximum absolute atomic E-state index is 10.7. The van der Waals surface area contributed by atoms with Crippen LogP contribution in [0.15, 0.2) is 24.3 Å². The quantitative estimate of drug-likeness (QED) is 0.825. The first kappa shape index (κ1) is 10.5. The van der Waals surface area contributed by atoms with Crippen LogP contribution >= 0.6 is 11.6 Å². The van der Waals surface area contributed by atoms with E-state index in [1.807, 2.05) is 24.3 Å². The van der Waals surface area contributed by atoms with Crippen molar-refractivity contribution in [2.75, 3.05) is 0 Å². The Balaban J connectivity index is 2.11. The third kappa shape index (κ3) is 1.98. The van der Waals surface area contributed by atoms with Crippen LogP contribution in [-0.4, -0.2) is 17.1 Å². The molecule has 0 aliphatic heterocycles. The molecule has 0 saturated heterocycles. The molecular weight excluding hydrogens is 214 g/mol. The van der Waals surface area contributed by atoms with E-state index in [4.69, 9.17) is 22.4 Å². The summed E-state index contributed by atoms with van der Waals surface area (Å²) in [6, 6.07) is 6.75. The lowest BCUT2D eigenvalue weighted by atomic mass is 10.1. The van der Waals surface area contributed by atoms with E-state index in [9.17, 15) is 4.79 Å². The second-order valence-electron chi connectivity index (χ2n) is 3.89. The van der Waals surface area contributed by atoms with Crippen LogP contribution < -0.4 is 5.73 Å². The number of benzene rings is 1. The molecule has 80 valence electrons. The zero-order valence-electron chi connectivity index (χ0n) is 8.06. The first-order valence-electron chi connectivity index (χ1n) is 4.84. The van der Waals surface area contributed by atoms with Gasteiger partial charge in [0.05, 0.1) is 0 Å². The van der Waals surface area contributed by atoms with Gasteiger partial charge in [-0.2, -0.15) is 0 Å². The molecule has 0 aromatic heterocycles. The number of nitrogens with two attached hydrogens (primary N) is 1. The third-order valence-electron chi connectivity index (χ3n) is 2.89. The highest BCUT2D eigenvalue weighted by atomic mass is 35.5. The van der Waals surface area contributed by atoms with Gasteiger partial charge in [-0.1, -0.05) is 29.8 Å². The normalized spacial score (nSPS) is 26.0. The van der Waals surface area contributed by atoms with E-state index in [0.717, 1.165) is 12.0 Å². The van der Waals surface area contributed by atoms with Crippen molar-refractivity contribution in [3.8, 4) is 0 Å². The molecule has 0 spiro atoms. The second-order valence-corrected chi connectivity index (χ2v) is 4.30. The van der Waals surface area contributed by atoms with Crippen LogP contribution in [0.4, 0.5) is 0 Å². The topological polar surface area (TPSA) is 63.3 Å². The number of carboxylic acids is 1. The molecule has 0 amide bonds. The second kappa shape index (κ2) is 3.83. The van der Waals surface area contributed by atoms with Crippen LogP contribution in [0.2, 0.25) is 5.02 Å². The van der Waals surface area contributed by atoms with Gasteiger partial charge < -0.3 is 10.8 Å². The van der Waals surface area contributed by atoms with Crippen LogP contribution in [0.25, 0.3) is 0 Å². The fourth-order valence-corrected chi connectivity index (χ4v) is 2.20. The van der Waals surface area contributed by atoms with Crippen LogP contribution in [0.3, 0.4) is 0 Å². The lowest BCUT2D eigenvalue weighted by Gasteiger charge is -2.06. The van der Waals surface area contributed by atoms with Gasteiger partial charge in [-0.15, -0.1) is 0 Å². The van der Waals surface area contributed by atoms with E-state index in [2.05, 4.69) is 0 Å². The summed E-state index contributed by atoms with van der Waals surface area (Å²) in [6.07, 6.45) is 0.817. The highest BCUT2D eigenvalue weighted by Crippen LogP contribution is 2.50. The summed E-state index contributed by atoms with van der Waals surface area (Å²) in [7, 11) is 0. The molecule has 0 radical (unpaired) electrons. The van der Waals surface area contributed by atoms with Crippen LogP contribution in [0, 0.1) is 5.92 Å². The lowest BCUT2D eigenvalue weighted by Crippen LogP contribution is -2.32. The fourth-order valence-electron chi connectivity index (χ4n) is 1.93. The Labute approximate surface area is 92.8 Å². The van der Waals surface area contributed by atoms with E-state index >= 15 is 0 Å². The molecule has 1 aromatic carbocycles. The number of hydrogen-bond donors (Lipinski definition) is 2. The molecule has 2 rings (SSSR count). The number of carboxylic acid groups (broad SMARTS) is 1. The monoisotopic (exact) mass is 225 g/mol.